The molecule has 0 bridgehead atoms. The molecule has 1 fully saturated rings. The number of nitrogens with zero attached hydrogens (tertiary/aromatic N) is 6. The average molecular weight is 443 g/mol. The number of halogens is 1. The Balaban J connectivity index is 1.37. The molecule has 0 saturated carbocycles. The van der Waals surface area contributed by atoms with Gasteiger partial charge in [0.2, 0.25) is 0 Å². The molecule has 7 heteroatoms. The molecule has 0 amide bonds. The Labute approximate surface area is 192 Å². The molecule has 0 radical (unpaired) electrons. The van der Waals surface area contributed by atoms with Crippen molar-refractivity contribution in [3.63, 3.8) is 0 Å². The molecule has 0 unspecified atom stereocenters. The summed E-state index contributed by atoms with van der Waals surface area (Å²) in [5, 5.41) is 0. The summed E-state index contributed by atoms with van der Waals surface area (Å²) in [4.78, 5) is 14.5. The Morgan fingerprint density at radius 1 is 1.09 bits per heavy atom. The number of benzene rings is 1. The van der Waals surface area contributed by atoms with Gasteiger partial charge in [-0.1, -0.05) is 12.1 Å². The lowest BCUT2D eigenvalue weighted by Crippen LogP contribution is -2.26. The van der Waals surface area contributed by atoms with E-state index in [1.165, 1.54) is 18.6 Å². The molecular formula is C26H27FN6. The van der Waals surface area contributed by atoms with Crippen LogP contribution in [-0.4, -0.2) is 57.7 Å². The molecule has 1 aromatic carbocycles. The highest BCUT2D eigenvalue weighted by molar-refractivity contribution is 5.71. The van der Waals surface area contributed by atoms with Gasteiger partial charge >= 0.3 is 0 Å². The largest absolute Gasteiger partial charge is 0.356 e. The van der Waals surface area contributed by atoms with Crippen LogP contribution in [0.3, 0.4) is 0 Å². The molecule has 1 saturated heterocycles. The third kappa shape index (κ3) is 3.62. The Morgan fingerprint density at radius 3 is 2.76 bits per heavy atom. The minimum atomic E-state index is -0.226. The highest BCUT2D eigenvalue weighted by Crippen LogP contribution is 2.34. The van der Waals surface area contributed by atoms with E-state index in [0.717, 1.165) is 59.5 Å². The quantitative estimate of drug-likeness (QED) is 0.416. The zero-order valence-corrected chi connectivity index (χ0v) is 18.9. The zero-order chi connectivity index (χ0) is 22.5. The van der Waals surface area contributed by atoms with Crippen LogP contribution in [0.25, 0.3) is 28.3 Å². The van der Waals surface area contributed by atoms with E-state index in [2.05, 4.69) is 62.4 Å². The minimum Gasteiger partial charge on any atom is -0.356 e. The first-order chi connectivity index (χ1) is 16.0. The highest BCUT2D eigenvalue weighted by atomic mass is 19.1. The average Bonchev–Trinajstić information content (AvgIpc) is 3.53. The summed E-state index contributed by atoms with van der Waals surface area (Å²) in [6.45, 7) is 3.87. The third-order valence-electron chi connectivity index (χ3n) is 6.69. The van der Waals surface area contributed by atoms with Gasteiger partial charge in [0.25, 0.3) is 0 Å². The fourth-order valence-corrected chi connectivity index (χ4v) is 5.18. The lowest BCUT2D eigenvalue weighted by atomic mass is 10.1. The fourth-order valence-electron chi connectivity index (χ4n) is 5.18. The van der Waals surface area contributed by atoms with E-state index in [1.54, 1.807) is 0 Å². The van der Waals surface area contributed by atoms with Crippen LogP contribution in [-0.2, 0) is 6.54 Å². The second-order valence-corrected chi connectivity index (χ2v) is 9.37. The first kappa shape index (κ1) is 20.2. The van der Waals surface area contributed by atoms with Crippen molar-refractivity contribution in [3.05, 3.63) is 72.6 Å². The number of anilines is 1. The Hall–Kier alpha value is -3.45. The molecule has 0 aliphatic carbocycles. The predicted octanol–water partition coefficient (Wildman–Crippen LogP) is 4.29. The molecule has 4 aromatic rings. The van der Waals surface area contributed by atoms with Crippen LogP contribution in [0.4, 0.5) is 10.2 Å². The van der Waals surface area contributed by atoms with E-state index < -0.39 is 0 Å². The molecule has 33 heavy (non-hydrogen) atoms. The molecule has 5 heterocycles. The molecule has 3 aromatic heterocycles. The summed E-state index contributed by atoms with van der Waals surface area (Å²) < 4.78 is 17.8. The molecule has 0 spiro atoms. The van der Waals surface area contributed by atoms with Gasteiger partial charge in [-0.05, 0) is 62.3 Å². The summed E-state index contributed by atoms with van der Waals surface area (Å²) in [7, 11) is 4.28. The SMILES string of the molecule is CN(C)C[C@H]1CCN(c2ccc3c(n2)Cn2cc(-c4ccc(F)cc4)cc2-c2nccn2-3)C1. The van der Waals surface area contributed by atoms with Crippen LogP contribution in [0.2, 0.25) is 0 Å². The van der Waals surface area contributed by atoms with E-state index in [9.17, 15) is 4.39 Å². The third-order valence-corrected chi connectivity index (χ3v) is 6.69. The second-order valence-electron chi connectivity index (χ2n) is 9.37. The first-order valence-corrected chi connectivity index (χ1v) is 11.4. The molecular weight excluding hydrogens is 415 g/mol. The Morgan fingerprint density at radius 2 is 1.94 bits per heavy atom. The number of pyridine rings is 1. The molecule has 0 N–H and O–H groups in total. The summed E-state index contributed by atoms with van der Waals surface area (Å²) in [5.74, 6) is 2.39. The van der Waals surface area contributed by atoms with Crippen LogP contribution in [0.1, 0.15) is 12.1 Å². The van der Waals surface area contributed by atoms with Gasteiger partial charge in [-0.15, -0.1) is 0 Å². The number of hydrogen-bond acceptors (Lipinski definition) is 4. The summed E-state index contributed by atoms with van der Waals surface area (Å²) >= 11 is 0. The zero-order valence-electron chi connectivity index (χ0n) is 18.9. The summed E-state index contributed by atoms with van der Waals surface area (Å²) in [6, 6.07) is 13.1. The van der Waals surface area contributed by atoms with Gasteiger partial charge in [0.1, 0.15) is 11.6 Å². The number of imidazole rings is 1. The van der Waals surface area contributed by atoms with Gasteiger partial charge in [0.05, 0.1) is 23.6 Å². The van der Waals surface area contributed by atoms with Crippen molar-refractivity contribution in [3.8, 4) is 28.3 Å². The van der Waals surface area contributed by atoms with E-state index in [-0.39, 0.29) is 5.82 Å². The maximum atomic E-state index is 13.4. The minimum absolute atomic E-state index is 0.226. The van der Waals surface area contributed by atoms with Crippen LogP contribution in [0.15, 0.2) is 61.1 Å². The van der Waals surface area contributed by atoms with Gasteiger partial charge in [0.15, 0.2) is 5.82 Å². The van der Waals surface area contributed by atoms with Crippen molar-refractivity contribution in [2.75, 3.05) is 38.6 Å². The molecule has 2 aliphatic heterocycles. The lowest BCUT2D eigenvalue weighted by Gasteiger charge is -2.21. The van der Waals surface area contributed by atoms with Gasteiger partial charge in [0, 0.05) is 43.8 Å². The lowest BCUT2D eigenvalue weighted by molar-refractivity contribution is 0.340. The van der Waals surface area contributed by atoms with Crippen molar-refractivity contribution >= 4 is 5.82 Å². The molecule has 168 valence electrons. The summed E-state index contributed by atoms with van der Waals surface area (Å²) in [6.07, 6.45) is 7.15. The van der Waals surface area contributed by atoms with Crippen molar-refractivity contribution in [1.29, 1.82) is 0 Å². The fraction of sp³-hybridized carbons (Fsp3) is 0.308. The molecule has 2 aliphatic rings. The standard InChI is InChI=1S/C26H27FN6/c1-30(2)14-18-9-11-31(15-18)25-8-7-23-22(29-25)17-32-16-20(19-3-5-21(27)6-4-19)13-24(32)26-28-10-12-33(23)26/h3-8,10,12-13,16,18H,9,11,14-15,17H2,1-2H3/t18-/m1/s1. The van der Waals surface area contributed by atoms with Gasteiger partial charge in [-0.25, -0.2) is 14.4 Å². The highest BCUT2D eigenvalue weighted by Gasteiger charge is 2.26. The van der Waals surface area contributed by atoms with Gasteiger partial charge in [-0.2, -0.15) is 0 Å². The first-order valence-electron chi connectivity index (χ1n) is 11.4. The van der Waals surface area contributed by atoms with Gasteiger partial charge < -0.3 is 14.4 Å². The van der Waals surface area contributed by atoms with Crippen LogP contribution < -0.4 is 4.90 Å². The maximum absolute atomic E-state index is 13.4. The Bertz CT molecular complexity index is 1300. The predicted molar refractivity (Wildman–Crippen MR) is 128 cm³/mol. The normalized spacial score (nSPS) is 17.1. The topological polar surface area (TPSA) is 42.1 Å². The molecule has 1 atom stereocenters. The van der Waals surface area contributed by atoms with Crippen molar-refractivity contribution in [1.82, 2.24) is 24.0 Å². The smallest absolute Gasteiger partial charge is 0.161 e. The number of fused-ring (bicyclic) bond motifs is 5. The maximum Gasteiger partial charge on any atom is 0.161 e. The Kier molecular flexibility index (Phi) is 4.80. The molecule has 6 nitrogen and oxygen atoms in total. The van der Waals surface area contributed by atoms with E-state index in [0.29, 0.717) is 12.5 Å². The number of aromatic nitrogens is 4. The van der Waals surface area contributed by atoms with Gasteiger partial charge in [-0.3, -0.25) is 4.57 Å². The summed E-state index contributed by atoms with van der Waals surface area (Å²) in [5.41, 5.74) is 5.17. The van der Waals surface area contributed by atoms with E-state index in [1.807, 2.05) is 24.5 Å². The van der Waals surface area contributed by atoms with Crippen molar-refractivity contribution in [2.24, 2.45) is 5.92 Å². The molecule has 6 rings (SSSR count). The van der Waals surface area contributed by atoms with E-state index in [4.69, 9.17) is 4.98 Å². The van der Waals surface area contributed by atoms with Crippen molar-refractivity contribution in [2.45, 2.75) is 13.0 Å². The van der Waals surface area contributed by atoms with Crippen LogP contribution in [0.5, 0.6) is 0 Å². The number of rotatable bonds is 4. The van der Waals surface area contributed by atoms with Crippen LogP contribution in [0, 0.1) is 11.7 Å². The van der Waals surface area contributed by atoms with E-state index >= 15 is 0 Å². The van der Waals surface area contributed by atoms with Crippen LogP contribution >= 0.6 is 0 Å². The second kappa shape index (κ2) is 7.85. The number of hydrogen-bond donors (Lipinski definition) is 0. The van der Waals surface area contributed by atoms with Crippen molar-refractivity contribution < 1.29 is 4.39 Å². The monoisotopic (exact) mass is 442 g/mol.